The van der Waals surface area contributed by atoms with E-state index in [9.17, 15) is 14.4 Å². The van der Waals surface area contributed by atoms with Crippen LogP contribution in [0.15, 0.2) is 46.3 Å². The molecule has 1 atom stereocenters. The predicted octanol–water partition coefficient (Wildman–Crippen LogP) is 3.45. The molecule has 2 amide bonds. The largest absolute Gasteiger partial charge is 0.365 e. The van der Waals surface area contributed by atoms with E-state index in [1.54, 1.807) is 0 Å². The number of anilines is 1. The SMILES string of the molecule is CC1CCc2c(sc(NC(=O)CSc3nc(-c4ccccc4)cc(=O)[nH]3)c2C(N)=O)C1. The number of rotatable bonds is 6. The van der Waals surface area contributed by atoms with E-state index in [4.69, 9.17) is 5.73 Å². The van der Waals surface area contributed by atoms with Gasteiger partial charge in [0.25, 0.3) is 11.5 Å². The van der Waals surface area contributed by atoms with Crippen molar-refractivity contribution in [2.45, 2.75) is 31.3 Å². The number of nitrogens with one attached hydrogen (secondary N) is 2. The van der Waals surface area contributed by atoms with Gasteiger partial charge in [-0.25, -0.2) is 4.98 Å². The molecule has 0 bridgehead atoms. The van der Waals surface area contributed by atoms with Gasteiger partial charge in [0.15, 0.2) is 5.16 Å². The van der Waals surface area contributed by atoms with Gasteiger partial charge in [0.2, 0.25) is 5.91 Å². The van der Waals surface area contributed by atoms with Gasteiger partial charge in [0.05, 0.1) is 17.0 Å². The average molecular weight is 455 g/mol. The Kier molecular flexibility index (Phi) is 6.24. The van der Waals surface area contributed by atoms with E-state index < -0.39 is 5.91 Å². The van der Waals surface area contributed by atoms with E-state index in [1.165, 1.54) is 17.4 Å². The fraction of sp³-hybridized carbons (Fsp3) is 0.273. The first kappa shape index (κ1) is 21.3. The summed E-state index contributed by atoms with van der Waals surface area (Å²) >= 11 is 2.56. The Balaban J connectivity index is 1.48. The monoisotopic (exact) mass is 454 g/mol. The number of hydrogen-bond acceptors (Lipinski definition) is 6. The summed E-state index contributed by atoms with van der Waals surface area (Å²) in [7, 11) is 0. The maximum absolute atomic E-state index is 12.6. The lowest BCUT2D eigenvalue weighted by Crippen LogP contribution is -2.20. The van der Waals surface area contributed by atoms with Gasteiger partial charge in [-0.2, -0.15) is 0 Å². The molecule has 2 aromatic heterocycles. The molecule has 4 N–H and O–H groups in total. The van der Waals surface area contributed by atoms with Gasteiger partial charge in [-0.05, 0) is 30.7 Å². The molecule has 31 heavy (non-hydrogen) atoms. The summed E-state index contributed by atoms with van der Waals surface area (Å²) < 4.78 is 0. The maximum atomic E-state index is 12.6. The molecular formula is C22H22N4O3S2. The number of thiophene rings is 1. The number of carbonyl (C=O) groups excluding carboxylic acids is 2. The summed E-state index contributed by atoms with van der Waals surface area (Å²) in [5, 5.41) is 3.70. The van der Waals surface area contributed by atoms with Gasteiger partial charge in [-0.15, -0.1) is 11.3 Å². The lowest BCUT2D eigenvalue weighted by Gasteiger charge is -2.18. The third-order valence-corrected chi connectivity index (χ3v) is 7.18. The second-order valence-electron chi connectivity index (χ2n) is 7.56. The first-order chi connectivity index (χ1) is 14.9. The number of primary amides is 1. The van der Waals surface area contributed by atoms with Crippen LogP contribution in [0.4, 0.5) is 5.00 Å². The highest BCUT2D eigenvalue weighted by Crippen LogP contribution is 2.39. The molecule has 2 heterocycles. The number of carbonyl (C=O) groups is 2. The van der Waals surface area contributed by atoms with Gasteiger partial charge in [-0.1, -0.05) is 49.0 Å². The van der Waals surface area contributed by atoms with Gasteiger partial charge < -0.3 is 16.0 Å². The van der Waals surface area contributed by atoms with Gasteiger partial charge in [-0.3, -0.25) is 14.4 Å². The van der Waals surface area contributed by atoms with Crippen LogP contribution in [0, 0.1) is 5.92 Å². The summed E-state index contributed by atoms with van der Waals surface area (Å²) in [4.78, 5) is 44.9. The normalized spacial score (nSPS) is 15.3. The first-order valence-corrected chi connectivity index (χ1v) is 11.7. The molecule has 1 aliphatic carbocycles. The highest BCUT2D eigenvalue weighted by atomic mass is 32.2. The Labute approximate surface area is 187 Å². The molecule has 1 unspecified atom stereocenters. The fourth-order valence-corrected chi connectivity index (χ4v) is 5.76. The standard InChI is InChI=1S/C22H22N4O3S2/c1-12-7-8-14-16(9-12)31-21(19(14)20(23)29)25-18(28)11-30-22-24-15(10-17(27)26-22)13-5-3-2-4-6-13/h2-6,10,12H,7-9,11H2,1H3,(H2,23,29)(H,25,28)(H,24,26,27). The van der Waals surface area contributed by atoms with Crippen molar-refractivity contribution in [3.05, 3.63) is 62.8 Å². The minimum Gasteiger partial charge on any atom is -0.365 e. The van der Waals surface area contributed by atoms with Crippen molar-refractivity contribution in [2.24, 2.45) is 11.7 Å². The summed E-state index contributed by atoms with van der Waals surface area (Å²) in [6.07, 6.45) is 2.69. The van der Waals surface area contributed by atoms with Gasteiger partial charge in [0, 0.05) is 16.5 Å². The average Bonchev–Trinajstić information content (AvgIpc) is 3.09. The lowest BCUT2D eigenvalue weighted by atomic mass is 9.88. The van der Waals surface area contributed by atoms with Crippen LogP contribution < -0.4 is 16.6 Å². The fourth-order valence-electron chi connectivity index (χ4n) is 3.66. The number of nitrogens with two attached hydrogens (primary N) is 1. The van der Waals surface area contributed by atoms with Crippen molar-refractivity contribution < 1.29 is 9.59 Å². The molecule has 160 valence electrons. The molecule has 7 nitrogen and oxygen atoms in total. The highest BCUT2D eigenvalue weighted by Gasteiger charge is 2.27. The van der Waals surface area contributed by atoms with Crippen LogP contribution in [-0.2, 0) is 17.6 Å². The highest BCUT2D eigenvalue weighted by molar-refractivity contribution is 7.99. The second kappa shape index (κ2) is 9.07. The smallest absolute Gasteiger partial charge is 0.252 e. The Hall–Kier alpha value is -2.91. The molecule has 1 aliphatic rings. The Morgan fingerprint density at radius 1 is 1.32 bits per heavy atom. The Morgan fingerprint density at radius 3 is 2.84 bits per heavy atom. The van der Waals surface area contributed by atoms with E-state index in [0.717, 1.165) is 47.0 Å². The van der Waals surface area contributed by atoms with Crippen LogP contribution in [0.5, 0.6) is 0 Å². The van der Waals surface area contributed by atoms with E-state index in [1.807, 2.05) is 30.3 Å². The van der Waals surface area contributed by atoms with Crippen LogP contribution in [0.1, 0.15) is 34.1 Å². The molecule has 3 aromatic rings. The second-order valence-corrected chi connectivity index (χ2v) is 9.63. The number of benzene rings is 1. The number of fused-ring (bicyclic) bond motifs is 1. The van der Waals surface area contributed by atoms with E-state index in [0.29, 0.717) is 27.3 Å². The number of H-pyrrole nitrogens is 1. The minimum absolute atomic E-state index is 0.0400. The number of amides is 2. The predicted molar refractivity (Wildman–Crippen MR) is 124 cm³/mol. The molecule has 0 aliphatic heterocycles. The molecule has 0 radical (unpaired) electrons. The van der Waals surface area contributed by atoms with E-state index in [-0.39, 0.29) is 17.2 Å². The van der Waals surface area contributed by atoms with Crippen LogP contribution in [0.25, 0.3) is 11.3 Å². The topological polar surface area (TPSA) is 118 Å². The summed E-state index contributed by atoms with van der Waals surface area (Å²) in [5.41, 5.74) is 8.10. The van der Waals surface area contributed by atoms with E-state index >= 15 is 0 Å². The zero-order chi connectivity index (χ0) is 22.0. The third-order valence-electron chi connectivity index (χ3n) is 5.14. The van der Waals surface area contributed by atoms with Crippen molar-refractivity contribution >= 4 is 39.9 Å². The first-order valence-electron chi connectivity index (χ1n) is 9.94. The van der Waals surface area contributed by atoms with E-state index in [2.05, 4.69) is 22.2 Å². The molecule has 4 rings (SSSR count). The van der Waals surface area contributed by atoms with Crippen LogP contribution in [-0.4, -0.2) is 27.5 Å². The van der Waals surface area contributed by atoms with Crippen LogP contribution >= 0.6 is 23.1 Å². The molecule has 9 heteroatoms. The molecular weight excluding hydrogens is 432 g/mol. The number of hydrogen-bond donors (Lipinski definition) is 3. The molecule has 1 aromatic carbocycles. The zero-order valence-corrected chi connectivity index (χ0v) is 18.6. The Bertz CT molecular complexity index is 1190. The van der Waals surface area contributed by atoms with Crippen molar-refractivity contribution in [3.8, 4) is 11.3 Å². The van der Waals surface area contributed by atoms with Crippen molar-refractivity contribution in [3.63, 3.8) is 0 Å². The number of nitrogens with zero attached hydrogens (tertiary/aromatic N) is 1. The zero-order valence-electron chi connectivity index (χ0n) is 16.9. The minimum atomic E-state index is -0.517. The summed E-state index contributed by atoms with van der Waals surface area (Å²) in [6.45, 7) is 2.18. The molecule has 0 fully saturated rings. The quantitative estimate of drug-likeness (QED) is 0.389. The summed E-state index contributed by atoms with van der Waals surface area (Å²) in [6, 6.07) is 10.8. The summed E-state index contributed by atoms with van der Waals surface area (Å²) in [5.74, 6) is -0.215. The Morgan fingerprint density at radius 2 is 2.10 bits per heavy atom. The van der Waals surface area contributed by atoms with Crippen LogP contribution in [0.3, 0.4) is 0 Å². The van der Waals surface area contributed by atoms with Crippen molar-refractivity contribution in [1.29, 1.82) is 0 Å². The molecule has 0 spiro atoms. The van der Waals surface area contributed by atoms with Gasteiger partial charge >= 0.3 is 0 Å². The number of thioether (sulfide) groups is 1. The number of aromatic amines is 1. The lowest BCUT2D eigenvalue weighted by molar-refractivity contribution is -0.113. The number of aromatic nitrogens is 2. The molecule has 0 saturated heterocycles. The van der Waals surface area contributed by atoms with Crippen molar-refractivity contribution in [2.75, 3.05) is 11.1 Å². The van der Waals surface area contributed by atoms with Gasteiger partial charge in [0.1, 0.15) is 5.00 Å². The van der Waals surface area contributed by atoms with Crippen LogP contribution in [0.2, 0.25) is 0 Å². The third kappa shape index (κ3) is 4.88. The molecule has 0 saturated carbocycles. The van der Waals surface area contributed by atoms with Crippen molar-refractivity contribution in [1.82, 2.24) is 9.97 Å². The maximum Gasteiger partial charge on any atom is 0.252 e.